The Labute approximate surface area is 179 Å². The van der Waals surface area contributed by atoms with Crippen LogP contribution in [0.1, 0.15) is 11.3 Å². The molecule has 0 aliphatic rings. The zero-order valence-corrected chi connectivity index (χ0v) is 18.6. The predicted octanol–water partition coefficient (Wildman–Crippen LogP) is 5.27. The van der Waals surface area contributed by atoms with E-state index in [1.807, 2.05) is 25.7 Å². The SMILES string of the molecule is Cc1ccc(-c2nc(CSc3nnc(-c4ccc(N(C)C)cc4)n3C)cs2)cc1. The van der Waals surface area contributed by atoms with Crippen molar-refractivity contribution in [3.63, 3.8) is 0 Å². The first-order valence-electron chi connectivity index (χ1n) is 9.32. The largest absolute Gasteiger partial charge is 0.378 e. The van der Waals surface area contributed by atoms with Crippen molar-refractivity contribution in [2.24, 2.45) is 7.05 Å². The van der Waals surface area contributed by atoms with Gasteiger partial charge in [-0.15, -0.1) is 21.5 Å². The van der Waals surface area contributed by atoms with E-state index >= 15 is 0 Å². The van der Waals surface area contributed by atoms with E-state index in [1.165, 1.54) is 16.8 Å². The quantitative estimate of drug-likeness (QED) is 0.397. The number of aromatic nitrogens is 4. The summed E-state index contributed by atoms with van der Waals surface area (Å²) in [4.78, 5) is 6.87. The molecule has 0 radical (unpaired) electrons. The zero-order valence-electron chi connectivity index (χ0n) is 17.0. The molecular weight excluding hydrogens is 398 g/mol. The van der Waals surface area contributed by atoms with Crippen molar-refractivity contribution in [1.82, 2.24) is 19.7 Å². The van der Waals surface area contributed by atoms with Crippen molar-refractivity contribution < 1.29 is 0 Å². The van der Waals surface area contributed by atoms with Gasteiger partial charge < -0.3 is 9.47 Å². The molecule has 2 heterocycles. The second-order valence-corrected chi connectivity index (χ2v) is 8.91. The second-order valence-electron chi connectivity index (χ2n) is 7.11. The van der Waals surface area contributed by atoms with Gasteiger partial charge in [-0.05, 0) is 31.2 Å². The molecule has 0 amide bonds. The topological polar surface area (TPSA) is 46.8 Å². The van der Waals surface area contributed by atoms with Crippen LogP contribution in [-0.4, -0.2) is 33.8 Å². The Hall–Kier alpha value is -2.64. The summed E-state index contributed by atoms with van der Waals surface area (Å²) < 4.78 is 2.04. The molecule has 2 aromatic carbocycles. The summed E-state index contributed by atoms with van der Waals surface area (Å²) in [6.07, 6.45) is 0. The molecule has 2 aromatic heterocycles. The van der Waals surface area contributed by atoms with Crippen LogP contribution in [0.15, 0.2) is 59.1 Å². The lowest BCUT2D eigenvalue weighted by atomic mass is 10.2. The monoisotopic (exact) mass is 421 g/mol. The highest BCUT2D eigenvalue weighted by atomic mass is 32.2. The van der Waals surface area contributed by atoms with Crippen molar-refractivity contribution in [3.05, 3.63) is 65.2 Å². The van der Waals surface area contributed by atoms with E-state index in [-0.39, 0.29) is 0 Å². The van der Waals surface area contributed by atoms with Gasteiger partial charge in [0, 0.05) is 49.1 Å². The van der Waals surface area contributed by atoms with Crippen LogP contribution >= 0.6 is 23.1 Å². The minimum absolute atomic E-state index is 0.772. The lowest BCUT2D eigenvalue weighted by molar-refractivity contribution is 0.793. The molecule has 0 N–H and O–H groups in total. The van der Waals surface area contributed by atoms with Crippen LogP contribution in [-0.2, 0) is 12.8 Å². The molecule has 7 heteroatoms. The highest BCUT2D eigenvalue weighted by molar-refractivity contribution is 7.98. The molecule has 5 nitrogen and oxygen atoms in total. The summed E-state index contributed by atoms with van der Waals surface area (Å²) in [6, 6.07) is 16.9. The van der Waals surface area contributed by atoms with Gasteiger partial charge in [0.15, 0.2) is 11.0 Å². The van der Waals surface area contributed by atoms with Gasteiger partial charge in [-0.3, -0.25) is 0 Å². The van der Waals surface area contributed by atoms with Gasteiger partial charge in [-0.1, -0.05) is 41.6 Å². The Morgan fingerprint density at radius 1 is 0.966 bits per heavy atom. The standard InChI is InChI=1S/C22H23N5S2/c1-15-5-7-17(8-6-15)21-23-18(13-28-21)14-29-22-25-24-20(27(22)4)16-9-11-19(12-10-16)26(2)3/h5-13H,14H2,1-4H3. The molecular formula is C22H23N5S2. The first-order valence-corrected chi connectivity index (χ1v) is 11.2. The summed E-state index contributed by atoms with van der Waals surface area (Å²) in [6.45, 7) is 2.10. The third-order valence-electron chi connectivity index (χ3n) is 4.68. The molecule has 0 saturated heterocycles. The lowest BCUT2D eigenvalue weighted by Crippen LogP contribution is -2.08. The van der Waals surface area contributed by atoms with Gasteiger partial charge in [0.25, 0.3) is 0 Å². The smallest absolute Gasteiger partial charge is 0.191 e. The van der Waals surface area contributed by atoms with E-state index in [1.54, 1.807) is 23.1 Å². The van der Waals surface area contributed by atoms with Crippen LogP contribution in [0.4, 0.5) is 5.69 Å². The molecule has 29 heavy (non-hydrogen) atoms. The Kier molecular flexibility index (Phi) is 5.69. The van der Waals surface area contributed by atoms with Crippen molar-refractivity contribution in [3.8, 4) is 22.0 Å². The van der Waals surface area contributed by atoms with Crippen LogP contribution in [0, 0.1) is 6.92 Å². The predicted molar refractivity (Wildman–Crippen MR) is 123 cm³/mol. The summed E-state index contributed by atoms with van der Waals surface area (Å²) >= 11 is 3.34. The van der Waals surface area contributed by atoms with Crippen LogP contribution in [0.3, 0.4) is 0 Å². The fraction of sp³-hybridized carbons (Fsp3) is 0.227. The van der Waals surface area contributed by atoms with Gasteiger partial charge >= 0.3 is 0 Å². The van der Waals surface area contributed by atoms with Crippen molar-refractivity contribution in [1.29, 1.82) is 0 Å². The van der Waals surface area contributed by atoms with E-state index in [0.29, 0.717) is 0 Å². The van der Waals surface area contributed by atoms with E-state index in [9.17, 15) is 0 Å². The summed E-state index contributed by atoms with van der Waals surface area (Å²) in [5.74, 6) is 1.64. The molecule has 0 aliphatic carbocycles. The first kappa shape index (κ1) is 19.7. The average Bonchev–Trinajstić information content (AvgIpc) is 3.34. The number of rotatable bonds is 6. The number of thioether (sulfide) groups is 1. The maximum atomic E-state index is 4.78. The maximum absolute atomic E-state index is 4.78. The Morgan fingerprint density at radius 2 is 1.66 bits per heavy atom. The van der Waals surface area contributed by atoms with Gasteiger partial charge in [0.1, 0.15) is 5.01 Å². The average molecular weight is 422 g/mol. The molecule has 0 unspecified atom stereocenters. The van der Waals surface area contributed by atoms with E-state index < -0.39 is 0 Å². The molecule has 0 atom stereocenters. The molecule has 4 aromatic rings. The Balaban J connectivity index is 1.45. The molecule has 0 spiro atoms. The van der Waals surface area contributed by atoms with Crippen LogP contribution in [0.25, 0.3) is 22.0 Å². The minimum Gasteiger partial charge on any atom is -0.378 e. The van der Waals surface area contributed by atoms with E-state index in [4.69, 9.17) is 4.98 Å². The van der Waals surface area contributed by atoms with Crippen LogP contribution in [0.2, 0.25) is 0 Å². The molecule has 0 fully saturated rings. The van der Waals surface area contributed by atoms with Crippen LogP contribution in [0.5, 0.6) is 0 Å². The van der Waals surface area contributed by atoms with Crippen LogP contribution < -0.4 is 4.90 Å². The number of hydrogen-bond acceptors (Lipinski definition) is 6. The Bertz CT molecular complexity index is 1100. The molecule has 148 valence electrons. The molecule has 0 aliphatic heterocycles. The number of hydrogen-bond donors (Lipinski definition) is 0. The Morgan fingerprint density at radius 3 is 2.34 bits per heavy atom. The summed E-state index contributed by atoms with van der Waals surface area (Å²) in [5.41, 5.74) is 5.72. The fourth-order valence-corrected chi connectivity index (χ4v) is 4.68. The number of aryl methyl sites for hydroxylation is 1. The van der Waals surface area contributed by atoms with Gasteiger partial charge in [0.2, 0.25) is 0 Å². The van der Waals surface area contributed by atoms with Crippen molar-refractivity contribution >= 4 is 28.8 Å². The first-order chi connectivity index (χ1) is 14.0. The van der Waals surface area contributed by atoms with Gasteiger partial charge in [0.05, 0.1) is 5.69 Å². The number of benzene rings is 2. The zero-order chi connectivity index (χ0) is 20.4. The van der Waals surface area contributed by atoms with Crippen molar-refractivity contribution in [2.45, 2.75) is 17.8 Å². The highest BCUT2D eigenvalue weighted by Gasteiger charge is 2.13. The summed E-state index contributed by atoms with van der Waals surface area (Å²) in [7, 11) is 6.08. The normalized spacial score (nSPS) is 11.0. The number of nitrogens with zero attached hydrogens (tertiary/aromatic N) is 5. The number of anilines is 1. The van der Waals surface area contributed by atoms with Crippen molar-refractivity contribution in [2.75, 3.05) is 19.0 Å². The third-order valence-corrected chi connectivity index (χ3v) is 6.67. The summed E-state index contributed by atoms with van der Waals surface area (Å²) in [5, 5.41) is 12.8. The van der Waals surface area contributed by atoms with Gasteiger partial charge in [-0.25, -0.2) is 4.98 Å². The highest BCUT2D eigenvalue weighted by Crippen LogP contribution is 2.29. The fourth-order valence-electron chi connectivity index (χ4n) is 2.94. The minimum atomic E-state index is 0.772. The molecule has 4 rings (SSSR count). The second kappa shape index (κ2) is 8.39. The van der Waals surface area contributed by atoms with E-state index in [0.717, 1.165) is 33.0 Å². The molecule has 0 bridgehead atoms. The lowest BCUT2D eigenvalue weighted by Gasteiger charge is -2.12. The third kappa shape index (κ3) is 4.36. The van der Waals surface area contributed by atoms with E-state index in [2.05, 4.69) is 75.9 Å². The maximum Gasteiger partial charge on any atom is 0.191 e. The van der Waals surface area contributed by atoms with Gasteiger partial charge in [-0.2, -0.15) is 0 Å². The number of thiazole rings is 1. The molecule has 0 saturated carbocycles.